The monoisotopic (exact) mass is 404 g/mol. The third-order valence-corrected chi connectivity index (χ3v) is 4.93. The van der Waals surface area contributed by atoms with Gasteiger partial charge in [-0.05, 0) is 25.0 Å². The predicted octanol–water partition coefficient (Wildman–Crippen LogP) is 1.86. The first-order valence-corrected chi connectivity index (χ1v) is 9.13. The number of hydrogen-bond acceptors (Lipinski definition) is 8. The van der Waals surface area contributed by atoms with Gasteiger partial charge in [-0.3, -0.25) is 20.4 Å². The Labute approximate surface area is 167 Å². The predicted molar refractivity (Wildman–Crippen MR) is 106 cm³/mol. The third-order valence-electron chi connectivity index (χ3n) is 4.60. The molecular weight excluding hydrogens is 384 g/mol. The van der Waals surface area contributed by atoms with E-state index in [4.69, 9.17) is 22.1 Å². The molecule has 1 saturated heterocycles. The highest BCUT2D eigenvalue weighted by Crippen LogP contribution is 2.29. The molecule has 148 valence electrons. The van der Waals surface area contributed by atoms with Crippen LogP contribution in [0.2, 0.25) is 5.02 Å². The Hall–Kier alpha value is -3.07. The van der Waals surface area contributed by atoms with Crippen LogP contribution in [0.25, 0.3) is 0 Å². The van der Waals surface area contributed by atoms with Crippen molar-refractivity contribution in [1.29, 1.82) is 0 Å². The van der Waals surface area contributed by atoms with Crippen molar-refractivity contribution >= 4 is 40.8 Å². The minimum Gasteiger partial charge on any atom is -0.469 e. The molecule has 4 N–H and O–H groups in total. The van der Waals surface area contributed by atoms with Crippen LogP contribution >= 0.6 is 11.6 Å². The molecule has 0 unspecified atom stereocenters. The molecule has 0 aliphatic carbocycles. The maximum atomic E-state index is 12.3. The number of esters is 1. The van der Waals surface area contributed by atoms with E-state index in [0.29, 0.717) is 48.0 Å². The maximum absolute atomic E-state index is 12.3. The Balaban J connectivity index is 1.66. The molecule has 2 heterocycles. The third kappa shape index (κ3) is 4.25. The van der Waals surface area contributed by atoms with Gasteiger partial charge in [-0.15, -0.1) is 0 Å². The number of amides is 1. The summed E-state index contributed by atoms with van der Waals surface area (Å²) in [5.41, 5.74) is 12.1. The fraction of sp³-hybridized carbons (Fsp3) is 0.333. The van der Waals surface area contributed by atoms with Crippen molar-refractivity contribution in [3.05, 3.63) is 41.2 Å². The number of carbonyl (C=O) groups is 2. The van der Waals surface area contributed by atoms with Crippen LogP contribution in [0.4, 0.5) is 17.3 Å². The van der Waals surface area contributed by atoms with Crippen molar-refractivity contribution in [3.63, 3.8) is 0 Å². The average molecular weight is 405 g/mol. The summed E-state index contributed by atoms with van der Waals surface area (Å²) in [6, 6.07) is 6.70. The van der Waals surface area contributed by atoms with E-state index in [2.05, 4.69) is 20.8 Å². The first-order chi connectivity index (χ1) is 13.5. The second-order valence-corrected chi connectivity index (χ2v) is 6.71. The number of ether oxygens (including phenoxy) is 1. The van der Waals surface area contributed by atoms with E-state index < -0.39 is 5.91 Å². The molecule has 1 aromatic heterocycles. The molecule has 0 saturated carbocycles. The fourth-order valence-corrected chi connectivity index (χ4v) is 3.28. The number of anilines is 3. The molecule has 10 heteroatoms. The first-order valence-electron chi connectivity index (χ1n) is 8.75. The molecule has 2 aromatic rings. The summed E-state index contributed by atoms with van der Waals surface area (Å²) in [7, 11) is 1.39. The number of halogens is 1. The molecule has 0 bridgehead atoms. The molecule has 1 aliphatic heterocycles. The van der Waals surface area contributed by atoms with Crippen LogP contribution in [0.15, 0.2) is 30.6 Å². The smallest absolute Gasteiger partial charge is 0.308 e. The minimum atomic E-state index is -0.413. The normalized spacial score (nSPS) is 14.4. The number of nitrogens with one attached hydrogen (secondary N) is 2. The average Bonchev–Trinajstić information content (AvgIpc) is 2.72. The SMILES string of the molecule is COC(=O)C1CCN(c2ncnc(NNC(=O)c3ccccc3Cl)c2N)CC1. The van der Waals surface area contributed by atoms with Crippen LogP contribution < -0.4 is 21.5 Å². The number of hydrazine groups is 1. The van der Waals surface area contributed by atoms with E-state index in [1.165, 1.54) is 13.4 Å². The number of rotatable bonds is 5. The molecular formula is C18H21ClN6O3. The summed E-state index contributed by atoms with van der Waals surface area (Å²) in [6.07, 6.45) is 2.67. The lowest BCUT2D eigenvalue weighted by Gasteiger charge is -2.32. The van der Waals surface area contributed by atoms with Crippen molar-refractivity contribution < 1.29 is 14.3 Å². The highest BCUT2D eigenvalue weighted by molar-refractivity contribution is 6.33. The summed E-state index contributed by atoms with van der Waals surface area (Å²) >= 11 is 6.02. The quantitative estimate of drug-likeness (QED) is 0.509. The van der Waals surface area contributed by atoms with Gasteiger partial charge in [0.05, 0.1) is 23.6 Å². The van der Waals surface area contributed by atoms with E-state index >= 15 is 0 Å². The number of carbonyl (C=O) groups excluding carboxylic acids is 2. The summed E-state index contributed by atoms with van der Waals surface area (Å²) in [4.78, 5) is 34.3. The molecule has 0 atom stereocenters. The van der Waals surface area contributed by atoms with Crippen molar-refractivity contribution in [2.24, 2.45) is 5.92 Å². The van der Waals surface area contributed by atoms with Crippen molar-refractivity contribution in [3.8, 4) is 0 Å². The van der Waals surface area contributed by atoms with Crippen molar-refractivity contribution in [2.75, 3.05) is 36.3 Å². The Kier molecular flexibility index (Phi) is 6.15. The van der Waals surface area contributed by atoms with Crippen LogP contribution in [0, 0.1) is 5.92 Å². The largest absolute Gasteiger partial charge is 0.469 e. The summed E-state index contributed by atoms with van der Waals surface area (Å²) in [5, 5.41) is 0.339. The van der Waals surface area contributed by atoms with E-state index in [1.807, 2.05) is 4.90 Å². The topological polar surface area (TPSA) is 122 Å². The Morgan fingerprint density at radius 2 is 1.96 bits per heavy atom. The van der Waals surface area contributed by atoms with Crippen LogP contribution in [0.1, 0.15) is 23.2 Å². The van der Waals surface area contributed by atoms with Gasteiger partial charge >= 0.3 is 5.97 Å². The van der Waals surface area contributed by atoms with Gasteiger partial charge in [-0.1, -0.05) is 23.7 Å². The van der Waals surface area contributed by atoms with Gasteiger partial charge in [0.25, 0.3) is 5.91 Å². The standard InChI is InChI=1S/C18H21ClN6O3/c1-28-18(27)11-6-8-25(9-7-11)16-14(20)15(21-10-22-16)23-24-17(26)12-4-2-3-5-13(12)19/h2-5,10-11H,6-9,20H2,1H3,(H,24,26)(H,21,22,23). The zero-order valence-electron chi connectivity index (χ0n) is 15.3. The lowest BCUT2D eigenvalue weighted by molar-refractivity contribution is -0.146. The summed E-state index contributed by atoms with van der Waals surface area (Å²) in [6.45, 7) is 1.23. The molecule has 1 aromatic carbocycles. The van der Waals surface area contributed by atoms with Crippen LogP contribution in [-0.4, -0.2) is 42.0 Å². The second-order valence-electron chi connectivity index (χ2n) is 6.30. The van der Waals surface area contributed by atoms with Gasteiger partial charge < -0.3 is 15.4 Å². The van der Waals surface area contributed by atoms with Crippen molar-refractivity contribution in [1.82, 2.24) is 15.4 Å². The highest BCUT2D eigenvalue weighted by atomic mass is 35.5. The van der Waals surface area contributed by atoms with Gasteiger partial charge in [-0.25, -0.2) is 9.97 Å². The van der Waals surface area contributed by atoms with E-state index in [9.17, 15) is 9.59 Å². The Morgan fingerprint density at radius 3 is 2.64 bits per heavy atom. The Bertz CT molecular complexity index is 870. The summed E-state index contributed by atoms with van der Waals surface area (Å²) in [5.74, 6) is 0.106. The lowest BCUT2D eigenvalue weighted by atomic mass is 9.97. The molecule has 3 rings (SSSR count). The number of nitrogen functional groups attached to an aromatic ring is 1. The molecule has 1 aliphatic rings. The van der Waals surface area contributed by atoms with Gasteiger partial charge in [0, 0.05) is 13.1 Å². The van der Waals surface area contributed by atoms with E-state index in [-0.39, 0.29) is 17.7 Å². The fourth-order valence-electron chi connectivity index (χ4n) is 3.06. The van der Waals surface area contributed by atoms with Gasteiger partial charge in [-0.2, -0.15) is 0 Å². The van der Waals surface area contributed by atoms with E-state index in [0.717, 1.165) is 0 Å². The van der Waals surface area contributed by atoms with Crippen molar-refractivity contribution in [2.45, 2.75) is 12.8 Å². The van der Waals surface area contributed by atoms with E-state index in [1.54, 1.807) is 24.3 Å². The first kappa shape index (κ1) is 19.7. The van der Waals surface area contributed by atoms with Crippen LogP contribution in [-0.2, 0) is 9.53 Å². The molecule has 1 amide bonds. The molecule has 0 radical (unpaired) electrons. The zero-order valence-corrected chi connectivity index (χ0v) is 16.1. The minimum absolute atomic E-state index is 0.114. The number of benzene rings is 1. The number of nitrogens with zero attached hydrogens (tertiary/aromatic N) is 3. The number of piperidine rings is 1. The van der Waals surface area contributed by atoms with Crippen LogP contribution in [0.5, 0.6) is 0 Å². The molecule has 1 fully saturated rings. The van der Waals surface area contributed by atoms with Gasteiger partial charge in [0.15, 0.2) is 11.6 Å². The number of methoxy groups -OCH3 is 1. The lowest BCUT2D eigenvalue weighted by Crippen LogP contribution is -2.38. The number of aromatic nitrogens is 2. The zero-order chi connectivity index (χ0) is 20.1. The maximum Gasteiger partial charge on any atom is 0.308 e. The molecule has 0 spiro atoms. The van der Waals surface area contributed by atoms with Gasteiger partial charge in [0.2, 0.25) is 0 Å². The second kappa shape index (κ2) is 8.75. The number of nitrogens with two attached hydrogens (primary N) is 1. The molecule has 9 nitrogen and oxygen atoms in total. The number of hydrogen-bond donors (Lipinski definition) is 3. The molecule has 28 heavy (non-hydrogen) atoms. The Morgan fingerprint density at radius 1 is 1.25 bits per heavy atom. The highest BCUT2D eigenvalue weighted by Gasteiger charge is 2.27. The van der Waals surface area contributed by atoms with Gasteiger partial charge in [0.1, 0.15) is 12.0 Å². The summed E-state index contributed by atoms with van der Waals surface area (Å²) < 4.78 is 4.81. The van der Waals surface area contributed by atoms with Crippen LogP contribution in [0.3, 0.4) is 0 Å².